The largest absolute Gasteiger partial charge is 0.299 e. The predicted molar refractivity (Wildman–Crippen MR) is 74.3 cm³/mol. The fourth-order valence-electron chi connectivity index (χ4n) is 1.78. The van der Waals surface area contributed by atoms with Crippen LogP contribution in [0.4, 0.5) is 5.69 Å². The van der Waals surface area contributed by atoms with Crippen molar-refractivity contribution in [3.8, 4) is 0 Å². The third kappa shape index (κ3) is 4.04. The van der Waals surface area contributed by atoms with E-state index in [0.717, 1.165) is 12.8 Å². The third-order valence-corrected chi connectivity index (χ3v) is 4.05. The lowest BCUT2D eigenvalue weighted by Crippen LogP contribution is -2.35. The number of carbonyl (C=O) groups is 1. The Hall–Kier alpha value is -1.40. The first kappa shape index (κ1) is 14.0. The molecule has 0 atom stereocenters. The molecule has 104 valence electrons. The number of ketones is 1. The Morgan fingerprint density at radius 1 is 1.21 bits per heavy atom. The normalized spacial score (nSPS) is 15.5. The third-order valence-electron chi connectivity index (χ3n) is 2.76. The van der Waals surface area contributed by atoms with Gasteiger partial charge in [0.25, 0.3) is 10.2 Å². The molecule has 0 spiro atoms. The number of nitrogens with one attached hydrogen (secondary N) is 2. The number of Topliss-reactive ketones (excluding diaryl/α,β-unsaturated/α-hetero) is 1. The second-order valence-corrected chi connectivity index (χ2v) is 6.54. The molecule has 0 aromatic heterocycles. The molecule has 19 heavy (non-hydrogen) atoms. The van der Waals surface area contributed by atoms with Crippen LogP contribution < -0.4 is 9.44 Å². The van der Waals surface area contributed by atoms with Crippen LogP contribution >= 0.6 is 0 Å². The van der Waals surface area contributed by atoms with Gasteiger partial charge in [-0.25, -0.2) is 0 Å². The summed E-state index contributed by atoms with van der Waals surface area (Å²) in [5.74, 6) is 0.319. The monoisotopic (exact) mass is 282 g/mol. The van der Waals surface area contributed by atoms with Gasteiger partial charge in [-0.3, -0.25) is 9.52 Å². The van der Waals surface area contributed by atoms with Crippen LogP contribution in [0.5, 0.6) is 0 Å². The lowest BCUT2D eigenvalue weighted by molar-refractivity contribution is 0.0967. The van der Waals surface area contributed by atoms with Gasteiger partial charge in [0.15, 0.2) is 5.78 Å². The molecule has 1 saturated carbocycles. The van der Waals surface area contributed by atoms with Gasteiger partial charge in [0.1, 0.15) is 0 Å². The summed E-state index contributed by atoms with van der Waals surface area (Å²) in [7, 11) is -3.56. The number of carbonyl (C=O) groups excluding carboxylic acids is 1. The van der Waals surface area contributed by atoms with Crippen LogP contribution in [0, 0.1) is 5.92 Å². The van der Waals surface area contributed by atoms with Gasteiger partial charge in [0.2, 0.25) is 0 Å². The van der Waals surface area contributed by atoms with E-state index in [9.17, 15) is 13.2 Å². The van der Waals surface area contributed by atoms with E-state index < -0.39 is 10.2 Å². The van der Waals surface area contributed by atoms with E-state index >= 15 is 0 Å². The van der Waals surface area contributed by atoms with E-state index in [1.165, 1.54) is 0 Å². The summed E-state index contributed by atoms with van der Waals surface area (Å²) < 4.78 is 28.2. The number of hydrogen-bond donors (Lipinski definition) is 2. The van der Waals surface area contributed by atoms with Crippen molar-refractivity contribution in [1.82, 2.24) is 4.72 Å². The first-order valence-corrected chi connectivity index (χ1v) is 7.80. The van der Waals surface area contributed by atoms with E-state index in [0.29, 0.717) is 11.3 Å². The van der Waals surface area contributed by atoms with Gasteiger partial charge >= 0.3 is 0 Å². The maximum absolute atomic E-state index is 11.8. The van der Waals surface area contributed by atoms with Gasteiger partial charge in [-0.05, 0) is 51.0 Å². The summed E-state index contributed by atoms with van der Waals surface area (Å²) >= 11 is 0. The second kappa shape index (κ2) is 5.30. The molecule has 1 aromatic carbocycles. The average molecular weight is 282 g/mol. The fraction of sp³-hybridized carbons (Fsp3) is 0.462. The van der Waals surface area contributed by atoms with E-state index in [1.807, 2.05) is 0 Å². The molecule has 0 bridgehead atoms. The molecule has 5 nitrogen and oxygen atoms in total. The molecule has 0 heterocycles. The molecule has 0 aliphatic heterocycles. The molecule has 6 heteroatoms. The first-order chi connectivity index (χ1) is 8.87. The summed E-state index contributed by atoms with van der Waals surface area (Å²) in [5, 5.41) is 0. The van der Waals surface area contributed by atoms with Gasteiger partial charge in [-0.15, -0.1) is 0 Å². The van der Waals surface area contributed by atoms with Crippen LogP contribution in [0.3, 0.4) is 0 Å². The topological polar surface area (TPSA) is 75.3 Å². The van der Waals surface area contributed by atoms with Crippen molar-refractivity contribution in [2.75, 3.05) is 4.72 Å². The number of anilines is 1. The van der Waals surface area contributed by atoms with Crippen molar-refractivity contribution in [3.05, 3.63) is 29.8 Å². The van der Waals surface area contributed by atoms with Crippen molar-refractivity contribution in [1.29, 1.82) is 0 Å². The molecule has 2 N–H and O–H groups in total. The predicted octanol–water partition coefficient (Wildman–Crippen LogP) is 1.93. The van der Waals surface area contributed by atoms with E-state index in [1.54, 1.807) is 38.1 Å². The van der Waals surface area contributed by atoms with Crippen molar-refractivity contribution in [2.24, 2.45) is 5.92 Å². The highest BCUT2D eigenvalue weighted by atomic mass is 32.2. The van der Waals surface area contributed by atoms with E-state index in [4.69, 9.17) is 0 Å². The quantitative estimate of drug-likeness (QED) is 0.783. The lowest BCUT2D eigenvalue weighted by atomic mass is 10.1. The summed E-state index contributed by atoms with van der Waals surface area (Å²) in [6, 6.07) is 6.36. The maximum Gasteiger partial charge on any atom is 0.299 e. The number of benzene rings is 1. The summed E-state index contributed by atoms with van der Waals surface area (Å²) in [6.07, 6.45) is 1.93. The highest BCUT2D eigenvalue weighted by Gasteiger charge is 2.30. The van der Waals surface area contributed by atoms with Gasteiger partial charge in [0, 0.05) is 23.2 Å². The Labute approximate surface area is 113 Å². The zero-order valence-corrected chi connectivity index (χ0v) is 11.8. The zero-order valence-electron chi connectivity index (χ0n) is 11.0. The second-order valence-electron chi connectivity index (χ2n) is 5.09. The molecule has 1 fully saturated rings. The Bertz CT molecular complexity index is 560. The van der Waals surface area contributed by atoms with Gasteiger partial charge in [-0.1, -0.05) is 0 Å². The van der Waals surface area contributed by atoms with E-state index in [2.05, 4.69) is 9.44 Å². The number of hydrogen-bond acceptors (Lipinski definition) is 3. The van der Waals surface area contributed by atoms with Crippen LogP contribution in [0.1, 0.15) is 37.0 Å². The summed E-state index contributed by atoms with van der Waals surface area (Å²) in [6.45, 7) is 3.49. The molecular formula is C13H18N2O3S. The SMILES string of the molecule is CC(C)NS(=O)(=O)Nc1ccc(C(=O)C2CC2)cc1. The van der Waals surface area contributed by atoms with Crippen molar-refractivity contribution in [2.45, 2.75) is 32.7 Å². The van der Waals surface area contributed by atoms with Crippen LogP contribution in [0.15, 0.2) is 24.3 Å². The maximum atomic E-state index is 11.8. The molecular weight excluding hydrogens is 264 g/mol. The van der Waals surface area contributed by atoms with Crippen molar-refractivity contribution >= 4 is 21.7 Å². The van der Waals surface area contributed by atoms with Gasteiger partial charge < -0.3 is 0 Å². The molecule has 0 radical (unpaired) electrons. The molecule has 0 amide bonds. The standard InChI is InChI=1S/C13H18N2O3S/c1-9(2)14-19(17,18)15-12-7-5-11(6-8-12)13(16)10-3-4-10/h5-10,14-15H,3-4H2,1-2H3. The first-order valence-electron chi connectivity index (χ1n) is 6.32. The minimum atomic E-state index is -3.56. The van der Waals surface area contributed by atoms with Crippen LogP contribution in [0.25, 0.3) is 0 Å². The summed E-state index contributed by atoms with van der Waals surface area (Å²) in [4.78, 5) is 11.8. The zero-order chi connectivity index (χ0) is 14.0. The van der Waals surface area contributed by atoms with Gasteiger partial charge in [0.05, 0.1) is 0 Å². The number of rotatable bonds is 6. The minimum absolute atomic E-state index is 0.148. The van der Waals surface area contributed by atoms with E-state index in [-0.39, 0.29) is 17.7 Å². The highest BCUT2D eigenvalue weighted by Crippen LogP contribution is 2.32. The minimum Gasteiger partial charge on any atom is -0.294 e. The Morgan fingerprint density at radius 3 is 2.26 bits per heavy atom. The Morgan fingerprint density at radius 2 is 1.79 bits per heavy atom. The molecule has 2 rings (SSSR count). The molecule has 1 aromatic rings. The highest BCUT2D eigenvalue weighted by molar-refractivity contribution is 7.90. The lowest BCUT2D eigenvalue weighted by Gasteiger charge is -2.11. The van der Waals surface area contributed by atoms with Crippen molar-refractivity contribution < 1.29 is 13.2 Å². The molecule has 1 aliphatic rings. The Kier molecular flexibility index (Phi) is 3.91. The smallest absolute Gasteiger partial charge is 0.294 e. The Balaban J connectivity index is 2.04. The molecule has 1 aliphatic carbocycles. The van der Waals surface area contributed by atoms with Crippen LogP contribution in [-0.4, -0.2) is 20.2 Å². The average Bonchev–Trinajstić information content (AvgIpc) is 3.10. The van der Waals surface area contributed by atoms with Gasteiger partial charge in [-0.2, -0.15) is 13.1 Å². The van der Waals surface area contributed by atoms with Crippen molar-refractivity contribution in [3.63, 3.8) is 0 Å². The summed E-state index contributed by atoms with van der Waals surface area (Å²) in [5.41, 5.74) is 1.09. The molecule has 0 unspecified atom stereocenters. The molecule has 0 saturated heterocycles. The van der Waals surface area contributed by atoms with Crippen LogP contribution in [-0.2, 0) is 10.2 Å². The fourth-order valence-corrected chi connectivity index (χ4v) is 2.90. The van der Waals surface area contributed by atoms with Crippen LogP contribution in [0.2, 0.25) is 0 Å².